The highest BCUT2D eigenvalue weighted by atomic mass is 15.3. The fraction of sp³-hybridized carbons (Fsp3) is 0.800. The van der Waals surface area contributed by atoms with Gasteiger partial charge in [0, 0.05) is 24.8 Å². The van der Waals surface area contributed by atoms with Gasteiger partial charge in [-0.2, -0.15) is 0 Å². The Morgan fingerprint density at radius 2 is 2.11 bits per heavy atom. The van der Waals surface area contributed by atoms with E-state index in [9.17, 15) is 0 Å². The maximum atomic E-state index is 4.66. The van der Waals surface area contributed by atoms with Crippen LogP contribution in [0.15, 0.2) is 6.20 Å². The Balaban J connectivity index is 2.06. The highest BCUT2D eigenvalue weighted by Crippen LogP contribution is 2.37. The molecule has 1 unspecified atom stereocenters. The molecule has 1 atom stereocenters. The second-order valence-electron chi connectivity index (χ2n) is 6.58. The van der Waals surface area contributed by atoms with Gasteiger partial charge in [0.05, 0.1) is 5.69 Å². The maximum absolute atomic E-state index is 4.66. The van der Waals surface area contributed by atoms with Gasteiger partial charge in [-0.3, -0.25) is 0 Å². The molecule has 1 aliphatic rings. The molecule has 1 N–H and O–H groups in total. The van der Waals surface area contributed by atoms with Crippen molar-refractivity contribution in [2.45, 2.75) is 52.1 Å². The molecule has 0 radical (unpaired) electrons. The van der Waals surface area contributed by atoms with Gasteiger partial charge in [-0.1, -0.05) is 13.8 Å². The zero-order valence-corrected chi connectivity index (χ0v) is 13.0. The first-order valence-electron chi connectivity index (χ1n) is 7.42. The van der Waals surface area contributed by atoms with Crippen LogP contribution in [0.4, 0.5) is 5.95 Å². The molecule has 1 aromatic heterocycles. The summed E-state index contributed by atoms with van der Waals surface area (Å²) in [4.78, 5) is 6.91. The molecular weight excluding hydrogens is 236 g/mol. The highest BCUT2D eigenvalue weighted by Gasteiger charge is 2.27. The van der Waals surface area contributed by atoms with Crippen LogP contribution in [0.25, 0.3) is 0 Å². The van der Waals surface area contributed by atoms with Crippen molar-refractivity contribution in [2.75, 3.05) is 26.0 Å². The number of aromatic nitrogens is 2. The molecule has 1 aliphatic carbocycles. The molecule has 2 rings (SSSR count). The molecule has 0 saturated heterocycles. The van der Waals surface area contributed by atoms with E-state index in [4.69, 9.17) is 0 Å². The Morgan fingerprint density at radius 3 is 2.63 bits per heavy atom. The third-order valence-corrected chi connectivity index (χ3v) is 3.47. The minimum absolute atomic E-state index is 0.467. The molecule has 1 heterocycles. The van der Waals surface area contributed by atoms with Gasteiger partial charge in [0.1, 0.15) is 0 Å². The van der Waals surface area contributed by atoms with Crippen LogP contribution in [0.1, 0.15) is 44.8 Å². The molecule has 1 aromatic rings. The number of hydrogen-bond donors (Lipinski definition) is 1. The third-order valence-electron chi connectivity index (χ3n) is 3.47. The van der Waals surface area contributed by atoms with Crippen molar-refractivity contribution in [3.05, 3.63) is 11.9 Å². The molecule has 19 heavy (non-hydrogen) atoms. The average molecular weight is 264 g/mol. The molecular formula is C15H28N4. The van der Waals surface area contributed by atoms with Crippen LogP contribution in [0.5, 0.6) is 0 Å². The number of nitrogens with one attached hydrogen (secondary N) is 1. The second-order valence-corrected chi connectivity index (χ2v) is 6.58. The molecule has 1 fully saturated rings. The van der Waals surface area contributed by atoms with Gasteiger partial charge in [-0.15, -0.1) is 0 Å². The first-order chi connectivity index (χ1) is 8.95. The van der Waals surface area contributed by atoms with E-state index in [1.54, 1.807) is 0 Å². The lowest BCUT2D eigenvalue weighted by Crippen LogP contribution is -2.34. The largest absolute Gasteiger partial charge is 0.352 e. The summed E-state index contributed by atoms with van der Waals surface area (Å²) >= 11 is 0. The Bertz CT molecular complexity index is 394. The monoisotopic (exact) mass is 264 g/mol. The molecule has 0 aromatic carbocycles. The molecule has 0 spiro atoms. The van der Waals surface area contributed by atoms with E-state index in [1.165, 1.54) is 19.3 Å². The fourth-order valence-electron chi connectivity index (χ4n) is 2.63. The lowest BCUT2D eigenvalue weighted by molar-refractivity contribution is 0.355. The molecule has 0 bridgehead atoms. The topological polar surface area (TPSA) is 33.1 Å². The lowest BCUT2D eigenvalue weighted by atomic mass is 10.0. The summed E-state index contributed by atoms with van der Waals surface area (Å²) in [5.74, 6) is 1.76. The number of rotatable bonds is 7. The predicted octanol–water partition coefficient (Wildman–Crippen LogP) is 2.91. The molecule has 0 aliphatic heterocycles. The fourth-order valence-corrected chi connectivity index (χ4v) is 2.63. The number of aryl methyl sites for hydroxylation is 1. The third kappa shape index (κ3) is 4.23. The van der Waals surface area contributed by atoms with Crippen LogP contribution < -0.4 is 5.32 Å². The Labute approximate surface area is 117 Å². The summed E-state index contributed by atoms with van der Waals surface area (Å²) in [6.45, 7) is 7.69. The van der Waals surface area contributed by atoms with Crippen LogP contribution in [0.3, 0.4) is 0 Å². The number of likely N-dealkylation sites (N-methyl/N-ethyl adjacent to an activating group) is 1. The summed E-state index contributed by atoms with van der Waals surface area (Å²) in [7, 11) is 4.27. The summed E-state index contributed by atoms with van der Waals surface area (Å²) in [5.41, 5.74) is 1.11. The minimum atomic E-state index is 0.467. The standard InChI is InChI=1S/C15H28N4/c1-11(2)8-13(10-18(4)5)17-15-16-12(3)9-19(15)14-6-7-14/h9,11,13-14H,6-8,10H2,1-5H3,(H,16,17). The summed E-state index contributed by atoms with van der Waals surface area (Å²) < 4.78 is 2.33. The van der Waals surface area contributed by atoms with Crippen molar-refractivity contribution < 1.29 is 0 Å². The summed E-state index contributed by atoms with van der Waals surface area (Å²) in [5, 5.41) is 3.66. The minimum Gasteiger partial charge on any atom is -0.352 e. The second kappa shape index (κ2) is 5.95. The number of anilines is 1. The number of nitrogens with zero attached hydrogens (tertiary/aromatic N) is 3. The zero-order valence-electron chi connectivity index (χ0n) is 13.0. The van der Waals surface area contributed by atoms with Crippen LogP contribution in [-0.4, -0.2) is 41.1 Å². The smallest absolute Gasteiger partial charge is 0.203 e. The maximum Gasteiger partial charge on any atom is 0.203 e. The average Bonchev–Trinajstić information content (AvgIpc) is 3.02. The van der Waals surface area contributed by atoms with E-state index in [1.807, 2.05) is 0 Å². The van der Waals surface area contributed by atoms with Crippen LogP contribution >= 0.6 is 0 Å². The van der Waals surface area contributed by atoms with Crippen molar-refractivity contribution in [2.24, 2.45) is 5.92 Å². The van der Waals surface area contributed by atoms with Crippen LogP contribution in [0, 0.1) is 12.8 Å². The lowest BCUT2D eigenvalue weighted by Gasteiger charge is -2.24. The van der Waals surface area contributed by atoms with E-state index in [2.05, 4.69) is 60.8 Å². The summed E-state index contributed by atoms with van der Waals surface area (Å²) in [6, 6.07) is 1.15. The molecule has 4 heteroatoms. The van der Waals surface area contributed by atoms with Crippen LogP contribution in [0.2, 0.25) is 0 Å². The van der Waals surface area contributed by atoms with E-state index in [0.29, 0.717) is 18.0 Å². The van der Waals surface area contributed by atoms with Gasteiger partial charge >= 0.3 is 0 Å². The highest BCUT2D eigenvalue weighted by molar-refractivity contribution is 5.32. The Kier molecular flexibility index (Phi) is 4.50. The van der Waals surface area contributed by atoms with Crippen LogP contribution in [-0.2, 0) is 0 Å². The van der Waals surface area contributed by atoms with E-state index in [-0.39, 0.29) is 0 Å². The van der Waals surface area contributed by atoms with E-state index >= 15 is 0 Å². The van der Waals surface area contributed by atoms with Gasteiger partial charge in [-0.05, 0) is 46.2 Å². The van der Waals surface area contributed by atoms with Gasteiger partial charge in [0.15, 0.2) is 0 Å². The Morgan fingerprint density at radius 1 is 1.42 bits per heavy atom. The quantitative estimate of drug-likeness (QED) is 0.822. The zero-order chi connectivity index (χ0) is 14.0. The number of hydrogen-bond acceptors (Lipinski definition) is 3. The van der Waals surface area contributed by atoms with Gasteiger partial charge in [-0.25, -0.2) is 4.98 Å². The van der Waals surface area contributed by atoms with Gasteiger partial charge in [0.2, 0.25) is 5.95 Å². The van der Waals surface area contributed by atoms with Crippen molar-refractivity contribution in [1.82, 2.24) is 14.5 Å². The van der Waals surface area contributed by atoms with Crippen molar-refractivity contribution in [3.63, 3.8) is 0 Å². The van der Waals surface area contributed by atoms with Crippen molar-refractivity contribution >= 4 is 5.95 Å². The molecule has 4 nitrogen and oxygen atoms in total. The Hall–Kier alpha value is -1.03. The van der Waals surface area contributed by atoms with Crippen molar-refractivity contribution in [1.29, 1.82) is 0 Å². The first-order valence-corrected chi connectivity index (χ1v) is 7.42. The molecule has 1 saturated carbocycles. The molecule has 108 valence electrons. The van der Waals surface area contributed by atoms with E-state index in [0.717, 1.165) is 18.2 Å². The van der Waals surface area contributed by atoms with E-state index < -0.39 is 0 Å². The number of imidazole rings is 1. The SMILES string of the molecule is Cc1cn(C2CC2)c(NC(CC(C)C)CN(C)C)n1. The molecule has 0 amide bonds. The predicted molar refractivity (Wildman–Crippen MR) is 80.7 cm³/mol. The van der Waals surface area contributed by atoms with Crippen molar-refractivity contribution in [3.8, 4) is 0 Å². The van der Waals surface area contributed by atoms with Gasteiger partial charge in [0.25, 0.3) is 0 Å². The summed E-state index contributed by atoms with van der Waals surface area (Å²) in [6.07, 6.45) is 5.96. The normalized spacial score (nSPS) is 17.2. The first kappa shape index (κ1) is 14.4. The van der Waals surface area contributed by atoms with Gasteiger partial charge < -0.3 is 14.8 Å².